The maximum Gasteiger partial charge on any atom is 0.252 e. The highest BCUT2D eigenvalue weighted by Crippen LogP contribution is 2.57. The first kappa shape index (κ1) is 69.5. The van der Waals surface area contributed by atoms with Gasteiger partial charge in [0.25, 0.3) is 6.71 Å². The molecule has 17 aromatic carbocycles. The molecule has 0 saturated heterocycles. The lowest BCUT2D eigenvalue weighted by atomic mass is 9.33. The van der Waals surface area contributed by atoms with Crippen molar-refractivity contribution in [2.45, 2.75) is 78.6 Å². The van der Waals surface area contributed by atoms with Crippen molar-refractivity contribution in [3.63, 3.8) is 0 Å². The molecule has 0 spiro atoms. The summed E-state index contributed by atoms with van der Waals surface area (Å²) >= 11 is 0. The van der Waals surface area contributed by atoms with E-state index in [1.165, 1.54) is 76.5 Å². The van der Waals surface area contributed by atoms with Crippen LogP contribution in [-0.4, -0.2) is 11.3 Å². The van der Waals surface area contributed by atoms with Gasteiger partial charge >= 0.3 is 0 Å². The second kappa shape index (κ2) is 26.6. The number of hydrogen-bond acceptors (Lipinski definition) is 3. The van der Waals surface area contributed by atoms with Crippen LogP contribution >= 0.6 is 0 Å². The lowest BCUT2D eigenvalue weighted by molar-refractivity contribution is 0.590. The van der Waals surface area contributed by atoms with Gasteiger partial charge in [0, 0.05) is 72.2 Å². The van der Waals surface area contributed by atoms with Crippen LogP contribution in [0.1, 0.15) is 79.0 Å². The minimum atomic E-state index is -0.373. The molecule has 0 aliphatic carbocycles. The molecule has 0 saturated carbocycles. The molecule has 0 fully saturated rings. The number of fused-ring (bicyclic) bond motifs is 13. The molecule has 21 rings (SSSR count). The van der Waals surface area contributed by atoms with Crippen LogP contribution in [-0.2, 0) is 16.2 Å². The van der Waals surface area contributed by atoms with Crippen molar-refractivity contribution in [1.29, 1.82) is 0 Å². The van der Waals surface area contributed by atoms with E-state index in [4.69, 9.17) is 4.42 Å². The minimum absolute atomic E-state index is 0.0920. The molecule has 0 atom stereocenters. The lowest BCUT2D eigenvalue weighted by Gasteiger charge is -2.46. The molecule has 550 valence electrons. The van der Waals surface area contributed by atoms with E-state index in [2.05, 4.69) is 435 Å². The van der Waals surface area contributed by atoms with Crippen molar-refractivity contribution in [1.82, 2.24) is 4.57 Å². The Morgan fingerprint density at radius 1 is 0.252 bits per heavy atom. The Kier molecular flexibility index (Phi) is 16.1. The number of hydrogen-bond donors (Lipinski definition) is 0. The second-order valence-corrected chi connectivity index (χ2v) is 34.7. The van der Waals surface area contributed by atoms with Crippen LogP contribution in [0.2, 0.25) is 0 Å². The molecule has 0 amide bonds. The molecule has 115 heavy (non-hydrogen) atoms. The molecule has 0 N–H and O–H groups in total. The van der Waals surface area contributed by atoms with Crippen LogP contribution < -0.4 is 26.2 Å². The van der Waals surface area contributed by atoms with Gasteiger partial charge in [0.2, 0.25) is 0 Å². The van der Waals surface area contributed by atoms with Crippen molar-refractivity contribution in [2.75, 3.05) is 9.80 Å². The molecule has 4 heterocycles. The lowest BCUT2D eigenvalue weighted by Crippen LogP contribution is -2.61. The maximum atomic E-state index is 6.80. The molecule has 4 nitrogen and oxygen atoms in total. The molecule has 5 heteroatoms. The Bertz CT molecular complexity index is 7080. The Morgan fingerprint density at radius 2 is 0.739 bits per heavy atom. The van der Waals surface area contributed by atoms with Gasteiger partial charge in [-0.3, -0.25) is 0 Å². The number of rotatable bonds is 10. The zero-order chi connectivity index (χ0) is 77.8. The average molecular weight is 1480 g/mol. The van der Waals surface area contributed by atoms with Crippen molar-refractivity contribution in [3.8, 4) is 83.6 Å². The van der Waals surface area contributed by atoms with E-state index in [-0.39, 0.29) is 23.0 Å². The van der Waals surface area contributed by atoms with Crippen molar-refractivity contribution in [3.05, 3.63) is 375 Å². The smallest absolute Gasteiger partial charge is 0.252 e. The Balaban J connectivity index is 0.948. The number of anilines is 6. The molecule has 0 bridgehead atoms. The van der Waals surface area contributed by atoms with E-state index in [1.807, 2.05) is 0 Å². The Labute approximate surface area is 673 Å². The third-order valence-corrected chi connectivity index (χ3v) is 24.6. The fourth-order valence-electron chi connectivity index (χ4n) is 18.8. The quantitative estimate of drug-likeness (QED) is 0.101. The van der Waals surface area contributed by atoms with Gasteiger partial charge in [0.15, 0.2) is 0 Å². The van der Waals surface area contributed by atoms with Gasteiger partial charge in [-0.2, -0.15) is 0 Å². The van der Waals surface area contributed by atoms with Gasteiger partial charge in [-0.15, -0.1) is 0 Å². The summed E-state index contributed by atoms with van der Waals surface area (Å²) in [7, 11) is 0. The molecule has 2 aromatic heterocycles. The summed E-state index contributed by atoms with van der Waals surface area (Å²) in [5, 5.41) is 9.46. The topological polar surface area (TPSA) is 24.6 Å². The van der Waals surface area contributed by atoms with E-state index in [0.717, 1.165) is 140 Å². The number of furan rings is 1. The highest BCUT2D eigenvalue weighted by Gasteiger charge is 2.47. The summed E-state index contributed by atoms with van der Waals surface area (Å²) in [5.74, 6) is 0. The zero-order valence-corrected chi connectivity index (χ0v) is 66.4. The minimum Gasteiger partial charge on any atom is -0.456 e. The Hall–Kier alpha value is -13.5. The fraction of sp³-hybridized carbons (Fsp3) is 0.109. The van der Waals surface area contributed by atoms with Crippen molar-refractivity contribution < 1.29 is 4.42 Å². The summed E-state index contributed by atoms with van der Waals surface area (Å²) in [6.45, 7) is 21.0. The standard InChI is InChI=1S/C110H86BN3O/c1-108(2,3)78-52-57-97-92(63-78)91-58-74(69-32-15-10-16-33-69)50-55-96(91)112(97)81-53-54-94-99(68-81)114(106-88(72-38-21-13-22-39-72)64-79(109(4,5)6)65-89(106)73-40-23-14-24-41-73)101-67-80(110(7,8)9)66-100-105(101)111(94)95-62-76(83-47-31-49-103-104(83)86-46-29-30-48-102(86)115-103)51-56-98(95)113(100)107-87(71-36-19-12-20-37-71)60-77(70-34-17-11-18-35-70)61-93(107)90-59-75-42-25-26-43-82(75)84-44-27-28-45-85(84)90/h10-68H,1-9H3. The summed E-state index contributed by atoms with van der Waals surface area (Å²) < 4.78 is 9.36. The number of aromatic nitrogens is 1. The first-order valence-electron chi connectivity index (χ1n) is 40.6. The number of nitrogens with zero attached hydrogens (tertiary/aromatic N) is 3. The second-order valence-electron chi connectivity index (χ2n) is 34.7. The molecule has 0 radical (unpaired) electrons. The van der Waals surface area contributed by atoms with Gasteiger partial charge in [-0.25, -0.2) is 0 Å². The monoisotopic (exact) mass is 1480 g/mol. The van der Waals surface area contributed by atoms with Crippen LogP contribution in [0.4, 0.5) is 34.1 Å². The molecular formula is C110H86BN3O. The third-order valence-electron chi connectivity index (χ3n) is 24.6. The largest absolute Gasteiger partial charge is 0.456 e. The molecule has 2 aliphatic heterocycles. The van der Waals surface area contributed by atoms with Gasteiger partial charge in [0.1, 0.15) is 11.2 Å². The fourth-order valence-corrected chi connectivity index (χ4v) is 18.8. The van der Waals surface area contributed by atoms with Gasteiger partial charge in [-0.05, 0) is 224 Å². The summed E-state index contributed by atoms with van der Waals surface area (Å²) in [4.78, 5) is 5.48. The summed E-state index contributed by atoms with van der Waals surface area (Å²) in [5.41, 5.74) is 34.5. The summed E-state index contributed by atoms with van der Waals surface area (Å²) in [6.07, 6.45) is 0. The summed E-state index contributed by atoms with van der Waals surface area (Å²) in [6, 6.07) is 136. The molecule has 0 unspecified atom stereocenters. The van der Waals surface area contributed by atoms with E-state index in [9.17, 15) is 0 Å². The zero-order valence-electron chi connectivity index (χ0n) is 66.4. The third kappa shape index (κ3) is 11.5. The van der Waals surface area contributed by atoms with E-state index in [0.29, 0.717) is 0 Å². The van der Waals surface area contributed by atoms with Crippen LogP contribution in [0.3, 0.4) is 0 Å². The number of para-hydroxylation sites is 1. The van der Waals surface area contributed by atoms with Crippen LogP contribution in [0.15, 0.2) is 362 Å². The normalized spacial score (nSPS) is 12.9. The van der Waals surface area contributed by atoms with Gasteiger partial charge < -0.3 is 18.8 Å². The van der Waals surface area contributed by atoms with Crippen LogP contribution in [0.25, 0.3) is 149 Å². The molecular weight excluding hydrogens is 1390 g/mol. The molecule has 19 aromatic rings. The number of benzene rings is 17. The van der Waals surface area contributed by atoms with Crippen molar-refractivity contribution >= 4 is 123 Å². The molecule has 2 aliphatic rings. The van der Waals surface area contributed by atoms with E-state index < -0.39 is 0 Å². The Morgan fingerprint density at radius 3 is 1.37 bits per heavy atom. The maximum absolute atomic E-state index is 6.80. The predicted molar refractivity (Wildman–Crippen MR) is 491 cm³/mol. The first-order chi connectivity index (χ1) is 55.9. The first-order valence-corrected chi connectivity index (χ1v) is 40.6. The highest BCUT2D eigenvalue weighted by molar-refractivity contribution is 7.00. The van der Waals surface area contributed by atoms with Crippen LogP contribution in [0.5, 0.6) is 0 Å². The average Bonchev–Trinajstić information content (AvgIpc) is 1.26. The van der Waals surface area contributed by atoms with Crippen LogP contribution in [0, 0.1) is 0 Å². The highest BCUT2D eigenvalue weighted by atomic mass is 16.3. The predicted octanol–water partition coefficient (Wildman–Crippen LogP) is 28.6. The SMILES string of the molecule is CC(C)(C)c1cc(-c2ccccc2)c(N2c3cc(-n4c5ccc(-c6ccccc6)cc5c5cc(C(C)(C)C)ccc54)ccc3B3c4cc(-c5cccc6oc7ccccc7c56)ccc4N(c4c(-c5ccccc5)cc(-c5ccccc5)cc4-c4cc5ccccc5c5ccccc45)c4cc(C(C)(C)C)cc2c43)c(-c2ccccc2)c1. The van der Waals surface area contributed by atoms with Gasteiger partial charge in [-0.1, -0.05) is 323 Å². The van der Waals surface area contributed by atoms with E-state index in [1.54, 1.807) is 0 Å². The van der Waals surface area contributed by atoms with E-state index >= 15 is 0 Å². The van der Waals surface area contributed by atoms with Gasteiger partial charge in [0.05, 0.1) is 22.4 Å². The van der Waals surface area contributed by atoms with Crippen molar-refractivity contribution in [2.24, 2.45) is 0 Å².